The molecule has 4 nitrogen and oxygen atoms in total. The molecule has 1 aliphatic heterocycles. The molecule has 0 radical (unpaired) electrons. The Kier molecular flexibility index (Phi) is 5.67. The van der Waals surface area contributed by atoms with Gasteiger partial charge in [-0.05, 0) is 70.3 Å². The van der Waals surface area contributed by atoms with Crippen LogP contribution in [0.25, 0.3) is 0 Å². The van der Waals surface area contributed by atoms with Gasteiger partial charge in [0.15, 0.2) is 0 Å². The summed E-state index contributed by atoms with van der Waals surface area (Å²) in [7, 11) is 0. The summed E-state index contributed by atoms with van der Waals surface area (Å²) in [4.78, 5) is 14.7. The molecule has 3 rings (SSSR count). The largest absolute Gasteiger partial charge is 0.336 e. The zero-order valence-electron chi connectivity index (χ0n) is 17.7. The highest BCUT2D eigenvalue weighted by Crippen LogP contribution is 2.34. The standard InChI is InChI=1S/C23H31N3OS/c1-22(2,3)16-13-17(23(4,5)6)15-18(14-16)25-28-20-9-7-19(8-10-20)26-12-11-24-21(26)27/h7-10,13-15,25H,11-12H2,1-6H3,(H,24,27). The molecule has 0 aliphatic carbocycles. The lowest BCUT2D eigenvalue weighted by atomic mass is 9.80. The van der Waals surface area contributed by atoms with Crippen LogP contribution in [0, 0.1) is 0 Å². The summed E-state index contributed by atoms with van der Waals surface area (Å²) >= 11 is 1.60. The van der Waals surface area contributed by atoms with Crippen LogP contribution >= 0.6 is 11.9 Å². The molecule has 1 fully saturated rings. The Balaban J connectivity index is 1.75. The van der Waals surface area contributed by atoms with Gasteiger partial charge < -0.3 is 10.0 Å². The van der Waals surface area contributed by atoms with Gasteiger partial charge in [-0.15, -0.1) is 0 Å². The molecule has 1 saturated heterocycles. The van der Waals surface area contributed by atoms with Crippen molar-refractivity contribution in [3.63, 3.8) is 0 Å². The fourth-order valence-electron chi connectivity index (χ4n) is 3.08. The summed E-state index contributed by atoms with van der Waals surface area (Å²) in [5, 5.41) is 2.83. The van der Waals surface area contributed by atoms with E-state index in [1.165, 1.54) is 11.1 Å². The second kappa shape index (κ2) is 7.70. The average molecular weight is 398 g/mol. The number of amides is 2. The summed E-state index contributed by atoms with van der Waals surface area (Å²) in [6.45, 7) is 14.9. The first-order valence-electron chi connectivity index (χ1n) is 9.78. The number of nitrogens with zero attached hydrogens (tertiary/aromatic N) is 1. The predicted octanol–water partition coefficient (Wildman–Crippen LogP) is 5.93. The molecule has 0 spiro atoms. The molecule has 0 bridgehead atoms. The van der Waals surface area contributed by atoms with Crippen LogP contribution in [0.5, 0.6) is 0 Å². The van der Waals surface area contributed by atoms with E-state index >= 15 is 0 Å². The Morgan fingerprint density at radius 1 is 0.929 bits per heavy atom. The SMILES string of the molecule is CC(C)(C)c1cc(NSc2ccc(N3CCNC3=O)cc2)cc(C(C)(C)C)c1. The monoisotopic (exact) mass is 397 g/mol. The van der Waals surface area contributed by atoms with Crippen LogP contribution < -0.4 is 14.9 Å². The summed E-state index contributed by atoms with van der Waals surface area (Å²) < 4.78 is 3.51. The highest BCUT2D eigenvalue weighted by Gasteiger charge is 2.22. The number of nitrogens with one attached hydrogen (secondary N) is 2. The number of hydrogen-bond donors (Lipinski definition) is 2. The number of benzene rings is 2. The van der Waals surface area contributed by atoms with Gasteiger partial charge in [0, 0.05) is 29.4 Å². The first kappa shape index (κ1) is 20.6. The average Bonchev–Trinajstić information content (AvgIpc) is 3.05. The van der Waals surface area contributed by atoms with E-state index in [2.05, 4.69) is 81.9 Å². The second-order valence-corrected chi connectivity index (χ2v) is 10.3. The molecule has 2 aromatic carbocycles. The molecule has 5 heteroatoms. The van der Waals surface area contributed by atoms with Gasteiger partial charge in [-0.3, -0.25) is 4.90 Å². The number of anilines is 2. The normalized spacial score (nSPS) is 14.9. The molecule has 2 aromatic rings. The number of carbonyl (C=O) groups is 1. The molecular weight excluding hydrogens is 366 g/mol. The van der Waals surface area contributed by atoms with E-state index < -0.39 is 0 Å². The highest BCUT2D eigenvalue weighted by molar-refractivity contribution is 8.00. The number of hydrogen-bond acceptors (Lipinski definition) is 3. The summed E-state index contributed by atoms with van der Waals surface area (Å²) in [6, 6.07) is 14.9. The van der Waals surface area contributed by atoms with Gasteiger partial charge in [-0.1, -0.05) is 47.6 Å². The summed E-state index contributed by atoms with van der Waals surface area (Å²) in [5.41, 5.74) is 4.91. The highest BCUT2D eigenvalue weighted by atomic mass is 32.2. The van der Waals surface area contributed by atoms with E-state index in [1.54, 1.807) is 16.8 Å². The fourth-order valence-corrected chi connectivity index (χ4v) is 3.71. The van der Waals surface area contributed by atoms with Crippen LogP contribution in [0.4, 0.5) is 16.2 Å². The number of urea groups is 1. The van der Waals surface area contributed by atoms with Gasteiger partial charge in [0.05, 0.1) is 0 Å². The second-order valence-electron chi connectivity index (χ2n) is 9.38. The van der Waals surface area contributed by atoms with Crippen molar-refractivity contribution in [2.24, 2.45) is 0 Å². The number of rotatable bonds is 4. The third-order valence-electron chi connectivity index (χ3n) is 4.96. The predicted molar refractivity (Wildman–Crippen MR) is 121 cm³/mol. The maximum absolute atomic E-state index is 11.8. The molecule has 1 aliphatic rings. The summed E-state index contributed by atoms with van der Waals surface area (Å²) in [5.74, 6) is 0. The van der Waals surface area contributed by atoms with Gasteiger partial charge in [0.2, 0.25) is 0 Å². The van der Waals surface area contributed by atoms with E-state index in [4.69, 9.17) is 0 Å². The minimum absolute atomic E-state index is 0.0211. The Morgan fingerprint density at radius 3 is 1.96 bits per heavy atom. The Hall–Kier alpha value is -2.14. The summed E-state index contributed by atoms with van der Waals surface area (Å²) in [6.07, 6.45) is 0. The minimum atomic E-state index is -0.0211. The van der Waals surface area contributed by atoms with Gasteiger partial charge in [-0.25, -0.2) is 4.79 Å². The molecule has 2 amide bonds. The molecule has 28 heavy (non-hydrogen) atoms. The quantitative estimate of drug-likeness (QED) is 0.628. The van der Waals surface area contributed by atoms with Crippen molar-refractivity contribution in [1.82, 2.24) is 5.32 Å². The Bertz CT molecular complexity index is 815. The number of carbonyl (C=O) groups excluding carboxylic acids is 1. The van der Waals surface area contributed by atoms with Crippen LogP contribution in [-0.4, -0.2) is 19.1 Å². The zero-order valence-corrected chi connectivity index (χ0v) is 18.5. The van der Waals surface area contributed by atoms with Crippen molar-refractivity contribution in [3.8, 4) is 0 Å². The third-order valence-corrected chi connectivity index (χ3v) is 5.80. The minimum Gasteiger partial charge on any atom is -0.336 e. The van der Waals surface area contributed by atoms with Gasteiger partial charge >= 0.3 is 6.03 Å². The van der Waals surface area contributed by atoms with Gasteiger partial charge in [0.1, 0.15) is 0 Å². The van der Waals surface area contributed by atoms with Gasteiger partial charge in [0.25, 0.3) is 0 Å². The lowest BCUT2D eigenvalue weighted by molar-refractivity contribution is 0.252. The molecule has 0 saturated carbocycles. The van der Waals surface area contributed by atoms with Crippen molar-refractivity contribution in [2.75, 3.05) is 22.7 Å². The first-order chi connectivity index (χ1) is 13.0. The van der Waals surface area contributed by atoms with Crippen molar-refractivity contribution in [2.45, 2.75) is 57.3 Å². The lowest BCUT2D eigenvalue weighted by Gasteiger charge is -2.26. The van der Waals surface area contributed by atoms with E-state index in [-0.39, 0.29) is 16.9 Å². The molecule has 0 aromatic heterocycles. The molecular formula is C23H31N3OS. The van der Waals surface area contributed by atoms with Gasteiger partial charge in [-0.2, -0.15) is 0 Å². The first-order valence-corrected chi connectivity index (χ1v) is 10.6. The van der Waals surface area contributed by atoms with E-state index in [9.17, 15) is 4.79 Å². The Labute approximate surface area is 173 Å². The fraction of sp³-hybridized carbons (Fsp3) is 0.435. The third kappa shape index (κ3) is 4.82. The van der Waals surface area contributed by atoms with Crippen molar-refractivity contribution < 1.29 is 4.79 Å². The molecule has 1 heterocycles. The van der Waals surface area contributed by atoms with E-state index in [0.717, 1.165) is 22.8 Å². The zero-order chi connectivity index (χ0) is 20.5. The van der Waals surface area contributed by atoms with Crippen molar-refractivity contribution in [3.05, 3.63) is 53.6 Å². The maximum atomic E-state index is 11.8. The van der Waals surface area contributed by atoms with Crippen LogP contribution in [0.3, 0.4) is 0 Å². The van der Waals surface area contributed by atoms with Crippen LogP contribution in [0.1, 0.15) is 52.7 Å². The van der Waals surface area contributed by atoms with E-state index in [0.29, 0.717) is 6.54 Å². The molecule has 0 unspecified atom stereocenters. The van der Waals surface area contributed by atoms with Crippen LogP contribution in [0.2, 0.25) is 0 Å². The van der Waals surface area contributed by atoms with E-state index in [1.807, 2.05) is 12.1 Å². The van der Waals surface area contributed by atoms with Crippen LogP contribution in [0.15, 0.2) is 47.4 Å². The van der Waals surface area contributed by atoms with Crippen molar-refractivity contribution >= 4 is 29.4 Å². The topological polar surface area (TPSA) is 44.4 Å². The van der Waals surface area contributed by atoms with Crippen molar-refractivity contribution in [1.29, 1.82) is 0 Å². The maximum Gasteiger partial charge on any atom is 0.321 e. The molecule has 0 atom stereocenters. The molecule has 2 N–H and O–H groups in total. The van der Waals surface area contributed by atoms with Crippen LogP contribution in [-0.2, 0) is 10.8 Å². The molecule has 150 valence electrons. The Morgan fingerprint density at radius 2 is 1.50 bits per heavy atom. The lowest BCUT2D eigenvalue weighted by Crippen LogP contribution is -2.27. The smallest absolute Gasteiger partial charge is 0.321 e.